The highest BCUT2D eigenvalue weighted by Gasteiger charge is 2.27. The number of fused-ring (bicyclic) bond motifs is 1. The van der Waals surface area contributed by atoms with Crippen molar-refractivity contribution in [2.75, 3.05) is 32.8 Å². The molecule has 0 bridgehead atoms. The summed E-state index contributed by atoms with van der Waals surface area (Å²) in [4.78, 5) is 17.7. The molecule has 1 saturated carbocycles. The summed E-state index contributed by atoms with van der Waals surface area (Å²) in [5.74, 6) is 0.614. The molecule has 33 heavy (non-hydrogen) atoms. The van der Waals surface area contributed by atoms with Gasteiger partial charge in [0.05, 0.1) is 34.4 Å². The van der Waals surface area contributed by atoms with Gasteiger partial charge in [-0.2, -0.15) is 4.31 Å². The van der Waals surface area contributed by atoms with Crippen LogP contribution in [0.3, 0.4) is 0 Å². The van der Waals surface area contributed by atoms with E-state index in [2.05, 4.69) is 5.32 Å². The number of hydrogen-bond acceptors (Lipinski definition) is 6. The number of nitrogens with zero attached hydrogens (tertiary/aromatic N) is 3. The summed E-state index contributed by atoms with van der Waals surface area (Å²) in [7, 11) is -3.59. The predicted octanol–water partition coefficient (Wildman–Crippen LogP) is 3.25. The molecule has 1 aliphatic heterocycles. The number of amides is 1. The van der Waals surface area contributed by atoms with Gasteiger partial charge in [0.2, 0.25) is 15.9 Å². The highest BCUT2D eigenvalue weighted by Crippen LogP contribution is 2.30. The molecule has 2 aliphatic rings. The van der Waals surface area contributed by atoms with Crippen molar-refractivity contribution >= 4 is 38.7 Å². The van der Waals surface area contributed by atoms with Gasteiger partial charge < -0.3 is 14.6 Å². The molecule has 1 aromatic carbocycles. The van der Waals surface area contributed by atoms with Gasteiger partial charge in [-0.25, -0.2) is 13.4 Å². The first kappa shape index (κ1) is 24.5. The summed E-state index contributed by atoms with van der Waals surface area (Å²) in [6.07, 6.45) is 6.22. The number of morpholine rings is 1. The van der Waals surface area contributed by atoms with Gasteiger partial charge in [-0.3, -0.25) is 4.79 Å². The number of rotatable bonds is 8. The Kier molecular flexibility index (Phi) is 7.99. The van der Waals surface area contributed by atoms with Gasteiger partial charge in [0.1, 0.15) is 0 Å². The van der Waals surface area contributed by atoms with Crippen molar-refractivity contribution in [3.63, 3.8) is 0 Å². The van der Waals surface area contributed by atoms with Crippen LogP contribution in [0.2, 0.25) is 0 Å². The number of aromatic nitrogens is 2. The molecular formula is C23H34N4O4S2. The Morgan fingerprint density at radius 3 is 2.67 bits per heavy atom. The van der Waals surface area contributed by atoms with Crippen molar-refractivity contribution in [2.24, 2.45) is 5.92 Å². The second kappa shape index (κ2) is 10.8. The Balaban J connectivity index is 1.48. The fourth-order valence-corrected chi connectivity index (χ4v) is 7.01. The zero-order valence-corrected chi connectivity index (χ0v) is 21.1. The SMILES string of the molecule is CCn1c(S[C@H](C)C(=O)NCC2CCCCC2)nc2cc(S(=O)(=O)N3CCOCC3)ccc21. The van der Waals surface area contributed by atoms with Crippen LogP contribution in [0.4, 0.5) is 0 Å². The molecule has 2 aromatic rings. The monoisotopic (exact) mass is 494 g/mol. The van der Waals surface area contributed by atoms with E-state index in [0.29, 0.717) is 44.3 Å². The lowest BCUT2D eigenvalue weighted by molar-refractivity contribution is -0.120. The predicted molar refractivity (Wildman–Crippen MR) is 130 cm³/mol. The van der Waals surface area contributed by atoms with Crippen molar-refractivity contribution in [2.45, 2.75) is 67.8 Å². The first-order valence-corrected chi connectivity index (χ1v) is 14.2. The van der Waals surface area contributed by atoms with Crippen LogP contribution in [0.1, 0.15) is 46.0 Å². The van der Waals surface area contributed by atoms with Gasteiger partial charge in [-0.1, -0.05) is 31.0 Å². The number of aryl methyl sites for hydroxylation is 1. The average molecular weight is 495 g/mol. The number of carbonyl (C=O) groups excluding carboxylic acids is 1. The Bertz CT molecular complexity index is 1070. The summed E-state index contributed by atoms with van der Waals surface area (Å²) in [6.45, 7) is 6.89. The summed E-state index contributed by atoms with van der Waals surface area (Å²) < 4.78 is 34.9. The Morgan fingerprint density at radius 1 is 1.24 bits per heavy atom. The van der Waals surface area contributed by atoms with E-state index in [0.717, 1.165) is 17.2 Å². The van der Waals surface area contributed by atoms with Crippen molar-refractivity contribution in [3.05, 3.63) is 18.2 Å². The van der Waals surface area contributed by atoms with Crippen LogP contribution in [0.15, 0.2) is 28.3 Å². The third kappa shape index (κ3) is 5.55. The maximum Gasteiger partial charge on any atom is 0.243 e. The molecule has 0 unspecified atom stereocenters. The van der Waals surface area contributed by atoms with E-state index in [1.807, 2.05) is 24.5 Å². The molecule has 4 rings (SSSR count). The van der Waals surface area contributed by atoms with Crippen LogP contribution in [0.25, 0.3) is 11.0 Å². The molecule has 8 nitrogen and oxygen atoms in total. The standard InChI is InChI=1S/C23H34N4O4S2/c1-3-27-21-10-9-19(33(29,30)26-11-13-31-14-12-26)15-20(21)25-23(27)32-17(2)22(28)24-16-18-7-5-4-6-8-18/h9-10,15,17-18H,3-8,11-14,16H2,1-2H3,(H,24,28)/t17-/m1/s1. The van der Waals surface area contributed by atoms with Crippen molar-refractivity contribution in [1.82, 2.24) is 19.2 Å². The smallest absolute Gasteiger partial charge is 0.243 e. The molecule has 1 saturated heterocycles. The molecule has 2 heterocycles. The number of thioether (sulfide) groups is 1. The maximum absolute atomic E-state index is 13.0. The Morgan fingerprint density at radius 2 is 1.97 bits per heavy atom. The third-order valence-corrected chi connectivity index (χ3v) is 9.53. The summed E-state index contributed by atoms with van der Waals surface area (Å²) >= 11 is 1.42. The van der Waals surface area contributed by atoms with Crippen LogP contribution in [-0.2, 0) is 26.1 Å². The first-order valence-electron chi connectivity index (χ1n) is 11.9. The molecule has 1 amide bonds. The molecule has 10 heteroatoms. The number of carbonyl (C=O) groups is 1. The zero-order chi connectivity index (χ0) is 23.4. The molecule has 182 valence electrons. The van der Waals surface area contributed by atoms with Gasteiger partial charge in [-0.05, 0) is 50.8 Å². The maximum atomic E-state index is 13.0. The summed E-state index contributed by atoms with van der Waals surface area (Å²) in [6, 6.07) is 5.11. The minimum Gasteiger partial charge on any atom is -0.379 e. The second-order valence-corrected chi connectivity index (χ2v) is 12.1. The summed E-state index contributed by atoms with van der Waals surface area (Å²) in [5, 5.41) is 3.56. The highest BCUT2D eigenvalue weighted by atomic mass is 32.2. The molecule has 1 atom stereocenters. The van der Waals surface area contributed by atoms with E-state index in [1.165, 1.54) is 48.2 Å². The topological polar surface area (TPSA) is 93.5 Å². The van der Waals surface area contributed by atoms with Gasteiger partial charge in [0.15, 0.2) is 5.16 Å². The van der Waals surface area contributed by atoms with Crippen LogP contribution in [-0.4, -0.2) is 66.3 Å². The molecular weight excluding hydrogens is 460 g/mol. The molecule has 1 aliphatic carbocycles. The normalized spacial score (nSPS) is 19.6. The average Bonchev–Trinajstić information content (AvgIpc) is 3.19. The first-order chi connectivity index (χ1) is 15.9. The number of benzene rings is 1. The minimum atomic E-state index is -3.59. The van der Waals surface area contributed by atoms with E-state index < -0.39 is 10.0 Å². The molecule has 0 spiro atoms. The molecule has 0 radical (unpaired) electrons. The van der Waals surface area contributed by atoms with E-state index in [4.69, 9.17) is 9.72 Å². The lowest BCUT2D eigenvalue weighted by Gasteiger charge is -2.26. The number of ether oxygens (including phenoxy) is 1. The lowest BCUT2D eigenvalue weighted by Crippen LogP contribution is -2.40. The van der Waals surface area contributed by atoms with E-state index in [9.17, 15) is 13.2 Å². The van der Waals surface area contributed by atoms with Gasteiger partial charge >= 0.3 is 0 Å². The molecule has 1 N–H and O–H groups in total. The van der Waals surface area contributed by atoms with Crippen LogP contribution in [0.5, 0.6) is 0 Å². The Hall–Kier alpha value is -1.62. The van der Waals surface area contributed by atoms with Crippen molar-refractivity contribution in [1.29, 1.82) is 0 Å². The number of imidazole rings is 1. The van der Waals surface area contributed by atoms with E-state index in [1.54, 1.807) is 12.1 Å². The fourth-order valence-electron chi connectivity index (χ4n) is 4.57. The zero-order valence-electron chi connectivity index (χ0n) is 19.5. The Labute approximate surface area is 200 Å². The van der Waals surface area contributed by atoms with Gasteiger partial charge in [0.25, 0.3) is 0 Å². The highest BCUT2D eigenvalue weighted by molar-refractivity contribution is 8.00. The molecule has 2 fully saturated rings. The largest absolute Gasteiger partial charge is 0.379 e. The number of hydrogen-bond donors (Lipinski definition) is 1. The lowest BCUT2D eigenvalue weighted by atomic mass is 9.89. The summed E-state index contributed by atoms with van der Waals surface area (Å²) in [5.41, 5.74) is 1.50. The van der Waals surface area contributed by atoms with E-state index in [-0.39, 0.29) is 16.1 Å². The fraction of sp³-hybridized carbons (Fsp3) is 0.652. The number of sulfonamides is 1. The minimum absolute atomic E-state index is 0.0240. The van der Waals surface area contributed by atoms with E-state index >= 15 is 0 Å². The van der Waals surface area contributed by atoms with Crippen LogP contribution < -0.4 is 5.32 Å². The van der Waals surface area contributed by atoms with Crippen molar-refractivity contribution < 1.29 is 17.9 Å². The molecule has 1 aromatic heterocycles. The van der Waals surface area contributed by atoms with Crippen LogP contribution >= 0.6 is 11.8 Å². The second-order valence-electron chi connectivity index (χ2n) is 8.81. The van der Waals surface area contributed by atoms with Crippen molar-refractivity contribution in [3.8, 4) is 0 Å². The number of nitrogens with one attached hydrogen (secondary N) is 1. The third-order valence-electron chi connectivity index (χ3n) is 6.55. The van der Waals surface area contributed by atoms with Crippen LogP contribution in [0, 0.1) is 5.92 Å². The quantitative estimate of drug-likeness (QED) is 0.566. The van der Waals surface area contributed by atoms with Gasteiger partial charge in [0, 0.05) is 26.2 Å². The van der Waals surface area contributed by atoms with Gasteiger partial charge in [-0.15, -0.1) is 0 Å².